The van der Waals surface area contributed by atoms with Crippen molar-refractivity contribution in [1.82, 2.24) is 34.9 Å². The zero-order valence-corrected chi connectivity index (χ0v) is 91.9. The number of fused-ring (bicyclic) bond motifs is 20. The van der Waals surface area contributed by atoms with E-state index in [1.165, 1.54) is 0 Å². The van der Waals surface area contributed by atoms with Gasteiger partial charge in [-0.1, -0.05) is 350 Å². The predicted octanol–water partition coefficient (Wildman–Crippen LogP) is 36.1. The van der Waals surface area contributed by atoms with E-state index in [0.29, 0.717) is 188 Å². The van der Waals surface area contributed by atoms with Crippen LogP contribution in [0.15, 0.2) is 327 Å². The molecule has 0 saturated carbocycles. The summed E-state index contributed by atoms with van der Waals surface area (Å²) in [5.41, 5.74) is 5.27. The van der Waals surface area contributed by atoms with E-state index >= 15 is 0 Å². The monoisotopic (exact) mass is 2070 g/mol. The van der Waals surface area contributed by atoms with Crippen molar-refractivity contribution >= 4 is 138 Å². The molecule has 0 unspecified atom stereocenters. The van der Waals surface area contributed by atoms with E-state index in [0.717, 1.165) is 130 Å². The Morgan fingerprint density at radius 1 is 0.194 bits per heavy atom. The van der Waals surface area contributed by atoms with Crippen LogP contribution in [0.4, 0.5) is 0 Å². The van der Waals surface area contributed by atoms with Gasteiger partial charge in [-0.2, -0.15) is 0 Å². The maximum absolute atomic E-state index is 7.88. The molecule has 746 valence electrons. The SMILES string of the molecule is CC(C)CCOc1c(Sc2ccccc2)c(Sc2ccccc2)c(OCCC(C)C)c2c1-c1cc-2nc2[nH]c(nc3nc(nc4[nH]c(n1)c1c(OCCC(C)C)c(Sc5ccccc5)c(Sc5ccccc5)c(OCCC(C)C)c41)-c1c(OCCC(C)C)c(Sc4ccccc4)c(Sc4ccccc4)c(OCCC(C)C)c1-3)c1c(OCCC(C)C)c(Sc3ccccc3)c(Sc3ccccc3)c(OCCC(C)C)c21. The maximum atomic E-state index is 7.88. The van der Waals surface area contributed by atoms with Crippen molar-refractivity contribution < 1.29 is 37.9 Å². The Labute approximate surface area is 884 Å². The van der Waals surface area contributed by atoms with Crippen LogP contribution in [0.25, 0.3) is 89.4 Å². The molecule has 144 heavy (non-hydrogen) atoms. The van der Waals surface area contributed by atoms with E-state index in [9.17, 15) is 0 Å². The number of H-pyrrole nitrogens is 2. The lowest BCUT2D eigenvalue weighted by atomic mass is 10.0. The van der Waals surface area contributed by atoms with E-state index in [-0.39, 0.29) is 47.3 Å². The summed E-state index contributed by atoms with van der Waals surface area (Å²) < 4.78 is 62.9. The highest BCUT2D eigenvalue weighted by Gasteiger charge is 2.41. The first-order valence-corrected chi connectivity index (χ1v) is 57.3. The molecule has 12 aromatic carbocycles. The van der Waals surface area contributed by atoms with Crippen molar-refractivity contribution in [3.63, 3.8) is 0 Å². The van der Waals surface area contributed by atoms with E-state index in [1.807, 2.05) is 0 Å². The third-order valence-electron chi connectivity index (χ3n) is 24.3. The molecule has 4 heterocycles. The van der Waals surface area contributed by atoms with Gasteiger partial charge in [0.25, 0.3) is 0 Å². The van der Waals surface area contributed by atoms with Gasteiger partial charge in [0, 0.05) is 39.2 Å². The highest BCUT2D eigenvalue weighted by Crippen LogP contribution is 2.64. The van der Waals surface area contributed by atoms with Crippen molar-refractivity contribution in [3.05, 3.63) is 249 Å². The summed E-state index contributed by atoms with van der Waals surface area (Å²) in [7, 11) is 0. The minimum atomic E-state index is 0.254. The Kier molecular flexibility index (Phi) is 36.4. The van der Waals surface area contributed by atoms with Gasteiger partial charge in [-0.25, -0.2) is 24.9 Å². The van der Waals surface area contributed by atoms with Gasteiger partial charge in [0.05, 0.1) is 147 Å². The molecule has 23 heteroatoms. The number of benzene rings is 12. The van der Waals surface area contributed by atoms with Gasteiger partial charge in [0.1, 0.15) is 68.6 Å². The first kappa shape index (κ1) is 105. The molecule has 0 atom stereocenters. The summed E-state index contributed by atoms with van der Waals surface area (Å²) in [6, 6.07) is 87.0. The van der Waals surface area contributed by atoms with Gasteiger partial charge in [-0.05, 0) is 202 Å². The molecule has 0 amide bonds. The van der Waals surface area contributed by atoms with E-state index in [1.54, 1.807) is 94.1 Å². The second-order valence-electron chi connectivity index (χ2n) is 39.6. The van der Waals surface area contributed by atoms with Crippen LogP contribution in [0.2, 0.25) is 0 Å². The standard InChI is InChI=1S/C121H131N7O8S8/c1-74(2)57-65-129-100-92-90-73-91(93(92)101(130-66-58-75(3)4)109(138-83-43-27-18-28-44-83)108(100)137-82-41-25-17-26-42-82)123-117-95-97(105(134-70-62-79(11)12)113(142-87-51-35-22-36-52-87)111(103(95)132-68-60-77(7)8)140-85-47-31-20-32-48-85)119(125-117)127-121-99-98(106(135-71-63-80(13)14)114(143-88-53-37-23-38-54-88)115(107(99)136-72-64-81(15)16)144-89-55-39-24-40-56-89)120(128-121)126-118-96-94(116(122-90)124-118)102(131-67-59-76(5)6)110(139-84-45-29-19-30-46-84)112(104(96)133-69-61-78(9)10)141-86-49-33-21-34-50-86/h17-56,73-81H,57-72H2,1-16H3,(H2,122,123,124,125,126,127,128). The van der Waals surface area contributed by atoms with Crippen molar-refractivity contribution in [3.8, 4) is 91.3 Å². The number of hydrogen-bond acceptors (Lipinski definition) is 21. The van der Waals surface area contributed by atoms with E-state index < -0.39 is 0 Å². The Bertz CT molecular complexity index is 6220. The average Bonchev–Trinajstić information content (AvgIpc) is 1.55. The summed E-state index contributed by atoms with van der Waals surface area (Å²) in [4.78, 5) is 54.9. The third-order valence-corrected chi connectivity index (χ3v) is 33.6. The number of ether oxygens (including phenoxy) is 8. The normalized spacial score (nSPS) is 11.9. The second kappa shape index (κ2) is 50.1. The van der Waals surface area contributed by atoms with Gasteiger partial charge in [0.15, 0.2) is 11.6 Å². The van der Waals surface area contributed by atoms with Gasteiger partial charge >= 0.3 is 0 Å². The molecule has 0 radical (unpaired) electrons. The Balaban J connectivity index is 1.19. The summed E-state index contributed by atoms with van der Waals surface area (Å²) in [5.74, 6) is 7.46. The summed E-state index contributed by atoms with van der Waals surface area (Å²) in [5, 5.41) is 2.55. The average molecular weight is 2070 g/mol. The number of nitrogens with zero attached hydrogens (tertiary/aromatic N) is 5. The lowest BCUT2D eigenvalue weighted by Crippen LogP contribution is -2.08. The van der Waals surface area contributed by atoms with Crippen LogP contribution < -0.4 is 37.9 Å². The number of rotatable bonds is 48. The van der Waals surface area contributed by atoms with Crippen molar-refractivity contribution in [1.29, 1.82) is 0 Å². The van der Waals surface area contributed by atoms with Gasteiger partial charge in [0.2, 0.25) is 0 Å². The van der Waals surface area contributed by atoms with Gasteiger partial charge < -0.3 is 47.9 Å². The first-order chi connectivity index (χ1) is 70.0. The number of nitrogens with one attached hydrogen (secondary N) is 2. The maximum Gasteiger partial charge on any atom is 0.168 e. The molecule has 2 aliphatic rings. The van der Waals surface area contributed by atoms with Crippen LogP contribution in [0.1, 0.15) is 162 Å². The van der Waals surface area contributed by atoms with Crippen molar-refractivity contribution in [2.45, 2.75) is 240 Å². The second-order valence-corrected chi connectivity index (χ2v) is 48.3. The molecule has 0 fully saturated rings. The van der Waals surface area contributed by atoms with Gasteiger partial charge in [-0.3, -0.25) is 0 Å². The smallest absolute Gasteiger partial charge is 0.168 e. The molecule has 8 bridgehead atoms. The summed E-state index contributed by atoms with van der Waals surface area (Å²) >= 11 is 13.2. The Morgan fingerprint density at radius 2 is 0.354 bits per heavy atom. The summed E-state index contributed by atoms with van der Waals surface area (Å²) in [6.45, 7) is 38.8. The number of hydrogen-bond donors (Lipinski definition) is 2. The molecular weight excluding hydrogens is 1940 g/mol. The lowest BCUT2D eigenvalue weighted by Gasteiger charge is -2.24. The predicted molar refractivity (Wildman–Crippen MR) is 602 cm³/mol. The van der Waals surface area contributed by atoms with Crippen LogP contribution in [-0.4, -0.2) is 87.7 Å². The zero-order valence-electron chi connectivity index (χ0n) is 85.4. The van der Waals surface area contributed by atoms with E-state index in [2.05, 4.69) is 369 Å². The molecule has 3 aromatic heterocycles. The minimum absolute atomic E-state index is 0.254. The van der Waals surface area contributed by atoms with Crippen LogP contribution in [0.3, 0.4) is 0 Å². The third kappa shape index (κ3) is 25.9. The molecule has 0 saturated heterocycles. The molecule has 15 nitrogen and oxygen atoms in total. The zero-order chi connectivity index (χ0) is 100. The lowest BCUT2D eigenvalue weighted by molar-refractivity contribution is 0.272. The molecule has 2 N–H and O–H groups in total. The van der Waals surface area contributed by atoms with Crippen LogP contribution >= 0.6 is 94.1 Å². The fourth-order valence-electron chi connectivity index (χ4n) is 16.4. The van der Waals surface area contributed by atoms with Crippen molar-refractivity contribution in [2.24, 2.45) is 47.3 Å². The fourth-order valence-corrected chi connectivity index (χ4v) is 25.2. The van der Waals surface area contributed by atoms with Crippen LogP contribution in [0.5, 0.6) is 46.0 Å². The Morgan fingerprint density at radius 3 is 0.535 bits per heavy atom. The largest absolute Gasteiger partial charge is 0.492 e. The molecule has 0 spiro atoms. The quantitative estimate of drug-likeness (QED) is 0.0369. The number of aromatic nitrogens is 7. The molecule has 15 aromatic rings. The molecule has 1 aliphatic carbocycles. The fraction of sp³-hybridized carbons (Fsp3) is 0.331. The van der Waals surface area contributed by atoms with Crippen LogP contribution in [-0.2, 0) is 0 Å². The van der Waals surface area contributed by atoms with Gasteiger partial charge in [-0.15, -0.1) is 0 Å². The highest BCUT2D eigenvalue weighted by atomic mass is 32.2. The number of aromatic amines is 2. The molecule has 1 aliphatic heterocycles. The summed E-state index contributed by atoms with van der Waals surface area (Å²) in [6.07, 6.45) is 5.84. The molecular formula is C121H131N7O8S8. The minimum Gasteiger partial charge on any atom is -0.492 e. The topological polar surface area (TPSA) is 170 Å². The van der Waals surface area contributed by atoms with Crippen molar-refractivity contribution in [2.75, 3.05) is 52.9 Å². The van der Waals surface area contributed by atoms with E-state index in [4.69, 9.17) is 62.8 Å². The first-order valence-electron chi connectivity index (χ1n) is 50.8. The Hall–Kier alpha value is -10.7. The highest BCUT2D eigenvalue weighted by molar-refractivity contribution is 8.04. The van der Waals surface area contributed by atoms with Crippen LogP contribution in [0, 0.1) is 47.3 Å². The molecule has 17 rings (SSSR count).